The predicted molar refractivity (Wildman–Crippen MR) is 86.2 cm³/mol. The van der Waals surface area contributed by atoms with Crippen LogP contribution in [-0.4, -0.2) is 19.6 Å². The summed E-state index contributed by atoms with van der Waals surface area (Å²) in [6.07, 6.45) is 8.33. The Morgan fingerprint density at radius 1 is 1.20 bits per heavy atom. The first-order valence-electron chi connectivity index (χ1n) is 8.28. The standard InChI is InChI=1S/C18H28N2/c1-18(9-5-2-6-10-18)14-19-12-15-11-16-7-3-4-8-17(16)20-13-15/h3-4,7-8,15,19-20H,2,5-6,9-14H2,1H3. The first-order valence-corrected chi connectivity index (χ1v) is 8.28. The number of rotatable bonds is 4. The fourth-order valence-electron chi connectivity index (χ4n) is 3.81. The average molecular weight is 272 g/mol. The van der Waals surface area contributed by atoms with Crippen molar-refractivity contribution in [2.45, 2.75) is 45.4 Å². The molecule has 0 aromatic heterocycles. The quantitative estimate of drug-likeness (QED) is 0.870. The molecule has 1 aliphatic heterocycles. The lowest BCUT2D eigenvalue weighted by Gasteiger charge is -2.35. The summed E-state index contributed by atoms with van der Waals surface area (Å²) >= 11 is 0. The molecule has 1 aromatic carbocycles. The van der Waals surface area contributed by atoms with Crippen LogP contribution in [0, 0.1) is 11.3 Å². The van der Waals surface area contributed by atoms with E-state index in [9.17, 15) is 0 Å². The highest BCUT2D eigenvalue weighted by Gasteiger charge is 2.26. The maximum Gasteiger partial charge on any atom is 0.0372 e. The molecule has 110 valence electrons. The van der Waals surface area contributed by atoms with E-state index in [1.54, 1.807) is 0 Å². The van der Waals surface area contributed by atoms with E-state index in [0.717, 1.165) is 19.0 Å². The molecular formula is C18H28N2. The zero-order valence-corrected chi connectivity index (χ0v) is 12.8. The molecule has 2 aliphatic rings. The van der Waals surface area contributed by atoms with Gasteiger partial charge in [-0.3, -0.25) is 0 Å². The third-order valence-electron chi connectivity index (χ3n) is 5.15. The normalized spacial score (nSPS) is 24.8. The molecule has 1 aliphatic carbocycles. The molecule has 3 rings (SSSR count). The molecule has 0 spiro atoms. The number of anilines is 1. The molecule has 0 saturated heterocycles. The zero-order chi connectivity index (χ0) is 13.8. The summed E-state index contributed by atoms with van der Waals surface area (Å²) in [6.45, 7) is 5.93. The monoisotopic (exact) mass is 272 g/mol. The number of nitrogens with one attached hydrogen (secondary N) is 2. The lowest BCUT2D eigenvalue weighted by Crippen LogP contribution is -2.38. The summed E-state index contributed by atoms with van der Waals surface area (Å²) in [6, 6.07) is 8.73. The molecule has 2 heteroatoms. The van der Waals surface area contributed by atoms with Crippen LogP contribution in [0.4, 0.5) is 5.69 Å². The molecule has 1 unspecified atom stereocenters. The molecule has 20 heavy (non-hydrogen) atoms. The van der Waals surface area contributed by atoms with Crippen molar-refractivity contribution in [3.8, 4) is 0 Å². The topological polar surface area (TPSA) is 24.1 Å². The van der Waals surface area contributed by atoms with Crippen LogP contribution in [0.15, 0.2) is 24.3 Å². The summed E-state index contributed by atoms with van der Waals surface area (Å²) in [5, 5.41) is 7.33. The van der Waals surface area contributed by atoms with Gasteiger partial charge >= 0.3 is 0 Å². The third-order valence-corrected chi connectivity index (χ3v) is 5.15. The Bertz CT molecular complexity index is 435. The van der Waals surface area contributed by atoms with Gasteiger partial charge in [0.1, 0.15) is 0 Å². The van der Waals surface area contributed by atoms with E-state index in [0.29, 0.717) is 5.41 Å². The smallest absolute Gasteiger partial charge is 0.0372 e. The number of hydrogen-bond acceptors (Lipinski definition) is 2. The average Bonchev–Trinajstić information content (AvgIpc) is 2.48. The zero-order valence-electron chi connectivity index (χ0n) is 12.8. The van der Waals surface area contributed by atoms with Crippen molar-refractivity contribution in [2.24, 2.45) is 11.3 Å². The van der Waals surface area contributed by atoms with Crippen LogP contribution in [-0.2, 0) is 6.42 Å². The Kier molecular flexibility index (Phi) is 4.30. The van der Waals surface area contributed by atoms with E-state index in [2.05, 4.69) is 41.8 Å². The highest BCUT2D eigenvalue weighted by molar-refractivity contribution is 5.53. The van der Waals surface area contributed by atoms with Gasteiger partial charge in [0, 0.05) is 18.8 Å². The maximum atomic E-state index is 3.76. The second kappa shape index (κ2) is 6.17. The Balaban J connectivity index is 1.46. The Morgan fingerprint density at radius 2 is 2.00 bits per heavy atom. The minimum absolute atomic E-state index is 0.554. The van der Waals surface area contributed by atoms with Gasteiger partial charge in [-0.05, 0) is 48.8 Å². The van der Waals surface area contributed by atoms with Crippen molar-refractivity contribution in [3.63, 3.8) is 0 Å². The van der Waals surface area contributed by atoms with Crippen LogP contribution < -0.4 is 10.6 Å². The molecule has 2 nitrogen and oxygen atoms in total. The van der Waals surface area contributed by atoms with Gasteiger partial charge in [0.15, 0.2) is 0 Å². The van der Waals surface area contributed by atoms with E-state index in [-0.39, 0.29) is 0 Å². The van der Waals surface area contributed by atoms with Crippen molar-refractivity contribution in [1.29, 1.82) is 0 Å². The minimum atomic E-state index is 0.554. The molecule has 0 radical (unpaired) electrons. The fraction of sp³-hybridized carbons (Fsp3) is 0.667. The molecule has 1 fully saturated rings. The number of benzene rings is 1. The Morgan fingerprint density at radius 3 is 2.85 bits per heavy atom. The molecule has 1 saturated carbocycles. The predicted octanol–water partition coefficient (Wildman–Crippen LogP) is 3.83. The summed E-state index contributed by atoms with van der Waals surface area (Å²) in [7, 11) is 0. The Labute approximate surface area is 123 Å². The van der Waals surface area contributed by atoms with Gasteiger partial charge in [-0.25, -0.2) is 0 Å². The van der Waals surface area contributed by atoms with Crippen LogP contribution >= 0.6 is 0 Å². The molecule has 1 aromatic rings. The summed E-state index contributed by atoms with van der Waals surface area (Å²) in [5.74, 6) is 0.733. The van der Waals surface area contributed by atoms with Crippen LogP contribution in [0.1, 0.15) is 44.6 Å². The van der Waals surface area contributed by atoms with Crippen molar-refractivity contribution in [3.05, 3.63) is 29.8 Å². The lowest BCUT2D eigenvalue weighted by molar-refractivity contribution is 0.205. The molecule has 0 amide bonds. The van der Waals surface area contributed by atoms with Crippen LogP contribution in [0.3, 0.4) is 0 Å². The van der Waals surface area contributed by atoms with Gasteiger partial charge < -0.3 is 10.6 Å². The van der Waals surface area contributed by atoms with Crippen molar-refractivity contribution >= 4 is 5.69 Å². The summed E-state index contributed by atoms with van der Waals surface area (Å²) < 4.78 is 0. The van der Waals surface area contributed by atoms with E-state index >= 15 is 0 Å². The van der Waals surface area contributed by atoms with E-state index < -0.39 is 0 Å². The van der Waals surface area contributed by atoms with Gasteiger partial charge in [0.2, 0.25) is 0 Å². The second-order valence-corrected chi connectivity index (χ2v) is 7.11. The van der Waals surface area contributed by atoms with E-state index in [4.69, 9.17) is 0 Å². The van der Waals surface area contributed by atoms with Crippen molar-refractivity contribution in [1.82, 2.24) is 5.32 Å². The highest BCUT2D eigenvalue weighted by atomic mass is 14.9. The molecular weight excluding hydrogens is 244 g/mol. The second-order valence-electron chi connectivity index (χ2n) is 7.11. The molecule has 0 bridgehead atoms. The van der Waals surface area contributed by atoms with Gasteiger partial charge in [-0.1, -0.05) is 44.4 Å². The minimum Gasteiger partial charge on any atom is -0.384 e. The van der Waals surface area contributed by atoms with Crippen LogP contribution in [0.2, 0.25) is 0 Å². The first-order chi connectivity index (χ1) is 9.75. The summed E-state index contributed by atoms with van der Waals surface area (Å²) in [5.41, 5.74) is 3.37. The largest absolute Gasteiger partial charge is 0.384 e. The number of fused-ring (bicyclic) bond motifs is 1. The van der Waals surface area contributed by atoms with Crippen molar-refractivity contribution in [2.75, 3.05) is 25.0 Å². The van der Waals surface area contributed by atoms with Crippen LogP contribution in [0.25, 0.3) is 0 Å². The number of hydrogen-bond donors (Lipinski definition) is 2. The van der Waals surface area contributed by atoms with Gasteiger partial charge in [0.25, 0.3) is 0 Å². The SMILES string of the molecule is CC1(CNCC2CNc3ccccc3C2)CCCCC1. The maximum absolute atomic E-state index is 3.76. The number of para-hydroxylation sites is 1. The molecule has 1 heterocycles. The van der Waals surface area contributed by atoms with E-state index in [1.807, 2.05) is 0 Å². The van der Waals surface area contributed by atoms with Crippen molar-refractivity contribution < 1.29 is 0 Å². The molecule has 1 atom stereocenters. The third kappa shape index (κ3) is 3.35. The van der Waals surface area contributed by atoms with E-state index in [1.165, 1.54) is 56.3 Å². The first kappa shape index (κ1) is 13.9. The fourth-order valence-corrected chi connectivity index (χ4v) is 3.81. The van der Waals surface area contributed by atoms with Crippen LogP contribution in [0.5, 0.6) is 0 Å². The lowest BCUT2D eigenvalue weighted by atomic mass is 9.75. The van der Waals surface area contributed by atoms with Gasteiger partial charge in [0.05, 0.1) is 0 Å². The summed E-state index contributed by atoms with van der Waals surface area (Å²) in [4.78, 5) is 0. The molecule has 2 N–H and O–H groups in total. The Hall–Kier alpha value is -1.02. The van der Waals surface area contributed by atoms with Gasteiger partial charge in [-0.15, -0.1) is 0 Å². The van der Waals surface area contributed by atoms with Gasteiger partial charge in [-0.2, -0.15) is 0 Å². The highest BCUT2D eigenvalue weighted by Crippen LogP contribution is 2.35.